The van der Waals surface area contributed by atoms with E-state index in [0.29, 0.717) is 49.5 Å². The Labute approximate surface area is 279 Å². The third-order valence-corrected chi connectivity index (χ3v) is 12.3. The van der Waals surface area contributed by atoms with Crippen LogP contribution in [0.4, 0.5) is 4.79 Å². The van der Waals surface area contributed by atoms with Gasteiger partial charge in [0.2, 0.25) is 5.91 Å². The lowest BCUT2D eigenvalue weighted by Gasteiger charge is -2.63. The Morgan fingerprint density at radius 2 is 1.79 bits per heavy atom. The number of hydrogen-bond acceptors (Lipinski definition) is 8. The summed E-state index contributed by atoms with van der Waals surface area (Å²) >= 11 is 0. The summed E-state index contributed by atoms with van der Waals surface area (Å²) in [6, 6.07) is 0. The average Bonchev–Trinajstić information content (AvgIpc) is 3.40. The molecular weight excluding hydrogens is 602 g/mol. The molecule has 4 aliphatic carbocycles. The maximum atomic E-state index is 12.6. The highest BCUT2D eigenvalue weighted by Crippen LogP contribution is 2.68. The second kappa shape index (κ2) is 16.5. The van der Waals surface area contributed by atoms with Gasteiger partial charge in [-0.2, -0.15) is 0 Å². The van der Waals surface area contributed by atoms with Gasteiger partial charge in [0.05, 0.1) is 38.1 Å². The molecule has 0 aromatic heterocycles. The van der Waals surface area contributed by atoms with E-state index in [4.69, 9.17) is 21.4 Å². The summed E-state index contributed by atoms with van der Waals surface area (Å²) in [5, 5.41) is 41.8. The number of carbonyl (C=O) groups excluding carboxylic acids is 2. The molecule has 262 valence electrons. The summed E-state index contributed by atoms with van der Waals surface area (Å²) in [6.07, 6.45) is 13.4. The van der Waals surface area contributed by atoms with E-state index in [2.05, 4.69) is 47.4 Å². The smallest absolute Gasteiger partial charge is 0.408 e. The molecule has 12 atom stereocenters. The lowest BCUT2D eigenvalue weighted by Crippen LogP contribution is -2.64. The number of azide groups is 1. The van der Waals surface area contributed by atoms with Crippen LogP contribution in [0.1, 0.15) is 85.0 Å². The number of aliphatic hydroxyl groups is 3. The van der Waals surface area contributed by atoms with Crippen molar-refractivity contribution in [1.82, 2.24) is 10.6 Å². The summed E-state index contributed by atoms with van der Waals surface area (Å²) in [4.78, 5) is 27.4. The number of rotatable bonds is 14. The van der Waals surface area contributed by atoms with E-state index in [-0.39, 0.29) is 42.4 Å². The average molecular weight is 658 g/mol. The number of terminal acetylenes is 1. The van der Waals surface area contributed by atoms with Crippen LogP contribution in [0.25, 0.3) is 10.4 Å². The summed E-state index contributed by atoms with van der Waals surface area (Å²) in [6.45, 7) is 7.36. The molecule has 4 fully saturated rings. The molecule has 0 spiro atoms. The minimum Gasteiger partial charge on any atom is -0.447 e. The Hall–Kier alpha value is -2.81. The van der Waals surface area contributed by atoms with Gasteiger partial charge in [0.15, 0.2) is 0 Å². The molecule has 0 aliphatic heterocycles. The fraction of sp³-hybridized carbons (Fsp3) is 0.829. The van der Waals surface area contributed by atoms with Crippen LogP contribution in [0.2, 0.25) is 0 Å². The van der Waals surface area contributed by atoms with Crippen LogP contribution >= 0.6 is 0 Å². The van der Waals surface area contributed by atoms with E-state index in [1.165, 1.54) is 6.08 Å². The van der Waals surface area contributed by atoms with Crippen LogP contribution < -0.4 is 10.6 Å². The van der Waals surface area contributed by atoms with E-state index >= 15 is 0 Å². The highest BCUT2D eigenvalue weighted by molar-refractivity contribution is 5.88. The zero-order valence-corrected chi connectivity index (χ0v) is 28.2. The molecule has 0 aromatic carbocycles. The molecule has 47 heavy (non-hydrogen) atoms. The highest BCUT2D eigenvalue weighted by Gasteiger charge is 2.65. The van der Waals surface area contributed by atoms with E-state index < -0.39 is 36.5 Å². The van der Waals surface area contributed by atoms with E-state index in [1.807, 2.05) is 6.08 Å². The lowest BCUT2D eigenvalue weighted by molar-refractivity contribution is -0.223. The van der Waals surface area contributed by atoms with Crippen molar-refractivity contribution in [3.05, 3.63) is 22.6 Å². The van der Waals surface area contributed by atoms with Crippen LogP contribution in [0.15, 0.2) is 17.3 Å². The topological polar surface area (TPSA) is 186 Å². The maximum absolute atomic E-state index is 12.6. The van der Waals surface area contributed by atoms with Crippen molar-refractivity contribution in [3.8, 4) is 12.3 Å². The fourth-order valence-corrected chi connectivity index (χ4v) is 10.0. The third-order valence-electron chi connectivity index (χ3n) is 12.3. The van der Waals surface area contributed by atoms with Crippen LogP contribution in [-0.4, -0.2) is 78.2 Å². The van der Waals surface area contributed by atoms with Gasteiger partial charge in [0.1, 0.15) is 12.8 Å². The second-order valence-electron chi connectivity index (χ2n) is 14.8. The SMILES string of the molecule is C#CCCOCCOC(=O)NC(CN=[N+]=[N-])NC(=O)C=CCCC(C)C1CCC2C3C(O)C(O)C4CC(O)CCC4(C)C3CCC12C. The molecule has 12 heteroatoms. The molecular formula is C35H55N5O7. The zero-order valence-electron chi connectivity index (χ0n) is 28.2. The molecule has 0 aromatic rings. The fourth-order valence-electron chi connectivity index (χ4n) is 10.0. The maximum Gasteiger partial charge on any atom is 0.408 e. The van der Waals surface area contributed by atoms with Crippen molar-refractivity contribution < 1.29 is 34.4 Å². The van der Waals surface area contributed by atoms with Gasteiger partial charge in [-0.05, 0) is 116 Å². The Morgan fingerprint density at radius 1 is 1.04 bits per heavy atom. The summed E-state index contributed by atoms with van der Waals surface area (Å²) in [5.74, 6) is 3.68. The van der Waals surface area contributed by atoms with E-state index in [0.717, 1.165) is 44.9 Å². The molecule has 0 saturated heterocycles. The van der Waals surface area contributed by atoms with Gasteiger partial charge in [-0.3, -0.25) is 4.79 Å². The first kappa shape index (κ1) is 37.0. The molecule has 4 rings (SSSR count). The molecule has 4 aliphatic rings. The molecule has 5 N–H and O–H groups in total. The van der Waals surface area contributed by atoms with Gasteiger partial charge >= 0.3 is 6.09 Å². The van der Waals surface area contributed by atoms with Crippen molar-refractivity contribution in [3.63, 3.8) is 0 Å². The number of alkyl carbamates (subject to hydrolysis) is 1. The molecule has 12 unspecified atom stereocenters. The largest absolute Gasteiger partial charge is 0.447 e. The summed E-state index contributed by atoms with van der Waals surface area (Å²) < 4.78 is 10.3. The Kier molecular flexibility index (Phi) is 13.0. The number of hydrogen-bond donors (Lipinski definition) is 5. The molecule has 4 saturated carbocycles. The monoisotopic (exact) mass is 657 g/mol. The first-order valence-corrected chi connectivity index (χ1v) is 17.4. The predicted octanol–water partition coefficient (Wildman–Crippen LogP) is 4.44. The van der Waals surface area contributed by atoms with E-state index in [1.54, 1.807) is 0 Å². The molecule has 0 radical (unpaired) electrons. The Morgan fingerprint density at radius 3 is 2.53 bits per heavy atom. The molecule has 0 heterocycles. The minimum absolute atomic E-state index is 0.00604. The second-order valence-corrected chi connectivity index (χ2v) is 14.8. The normalized spacial score (nSPS) is 37.3. The Bertz CT molecular complexity index is 1200. The van der Waals surface area contributed by atoms with Gasteiger partial charge in [-0.15, -0.1) is 12.3 Å². The van der Waals surface area contributed by atoms with Crippen LogP contribution in [0.3, 0.4) is 0 Å². The van der Waals surface area contributed by atoms with Gasteiger partial charge < -0.3 is 35.4 Å². The third kappa shape index (κ3) is 8.44. The molecule has 12 nitrogen and oxygen atoms in total. The molecule has 0 bridgehead atoms. The van der Waals surface area contributed by atoms with Crippen LogP contribution in [-0.2, 0) is 14.3 Å². The zero-order chi connectivity index (χ0) is 34.2. The number of fused-ring (bicyclic) bond motifs is 5. The van der Waals surface area contributed by atoms with Crippen molar-refractivity contribution in [2.75, 3.05) is 26.4 Å². The van der Waals surface area contributed by atoms with Crippen molar-refractivity contribution in [2.45, 2.75) is 109 Å². The predicted molar refractivity (Wildman–Crippen MR) is 176 cm³/mol. The number of allylic oxidation sites excluding steroid dienone is 1. The van der Waals surface area contributed by atoms with Gasteiger partial charge in [-0.25, -0.2) is 4.79 Å². The quantitative estimate of drug-likeness (QED) is 0.0347. The number of nitrogens with one attached hydrogen (secondary N) is 2. The van der Waals surface area contributed by atoms with Gasteiger partial charge in [0.25, 0.3) is 0 Å². The number of ether oxygens (including phenoxy) is 2. The van der Waals surface area contributed by atoms with Gasteiger partial charge in [-0.1, -0.05) is 32.0 Å². The molecule has 2 amide bonds. The summed E-state index contributed by atoms with van der Waals surface area (Å²) in [5.41, 5.74) is 8.74. The van der Waals surface area contributed by atoms with E-state index in [9.17, 15) is 24.9 Å². The van der Waals surface area contributed by atoms with Crippen LogP contribution in [0, 0.1) is 58.7 Å². The van der Waals surface area contributed by atoms with Crippen molar-refractivity contribution >= 4 is 12.0 Å². The number of nitrogens with zero attached hydrogens (tertiary/aromatic N) is 3. The number of carbonyl (C=O) groups is 2. The lowest BCUT2D eigenvalue weighted by atomic mass is 9.43. The first-order chi connectivity index (χ1) is 22.5. The Balaban J connectivity index is 1.27. The highest BCUT2D eigenvalue weighted by atomic mass is 16.6. The number of amides is 2. The first-order valence-electron chi connectivity index (χ1n) is 17.4. The standard InChI is InChI=1S/C35H55N5O7/c1-5-6-17-46-18-19-47-33(45)39-28(21-37-40-36)38-29(42)10-8-7-9-22(2)24-11-12-25-30-26(14-16-34(24,25)3)35(4)15-13-23(41)20-27(35)31(43)32(30)44/h1,8,10,22-28,30-32,41,43-44H,6-7,9,11-21H2,2-4H3,(H,38,42)(H,39,45). The van der Waals surface area contributed by atoms with Crippen LogP contribution in [0.5, 0.6) is 0 Å². The van der Waals surface area contributed by atoms with Crippen molar-refractivity contribution in [1.29, 1.82) is 0 Å². The van der Waals surface area contributed by atoms with Gasteiger partial charge in [0, 0.05) is 11.3 Å². The number of aliphatic hydroxyl groups excluding tert-OH is 3. The summed E-state index contributed by atoms with van der Waals surface area (Å²) in [7, 11) is 0. The van der Waals surface area contributed by atoms with Crippen molar-refractivity contribution in [2.24, 2.45) is 51.5 Å². The minimum atomic E-state index is -0.938.